The summed E-state index contributed by atoms with van der Waals surface area (Å²) >= 11 is 1.81. The highest BCUT2D eigenvalue weighted by Gasteiger charge is 2.49. The second kappa shape index (κ2) is 5.55. The Morgan fingerprint density at radius 1 is 1.42 bits per heavy atom. The molecular weight excluding hydrogens is 252 g/mol. The molecule has 2 nitrogen and oxygen atoms in total. The fraction of sp³-hybridized carbons (Fsp3) is 0.750. The van der Waals surface area contributed by atoms with E-state index in [1.165, 1.54) is 44.1 Å². The lowest BCUT2D eigenvalue weighted by Gasteiger charge is -2.45. The maximum Gasteiger partial charge on any atom is 0.0366 e. The monoisotopic (exact) mass is 278 g/mol. The number of hydrogen-bond acceptors (Lipinski definition) is 3. The van der Waals surface area contributed by atoms with E-state index in [9.17, 15) is 0 Å². The molecule has 2 atom stereocenters. The summed E-state index contributed by atoms with van der Waals surface area (Å²) in [6.45, 7) is 4.30. The van der Waals surface area contributed by atoms with Crippen molar-refractivity contribution in [1.29, 1.82) is 0 Å². The highest BCUT2D eigenvalue weighted by molar-refractivity contribution is 7.07. The zero-order valence-corrected chi connectivity index (χ0v) is 12.8. The molecule has 3 rings (SSSR count). The summed E-state index contributed by atoms with van der Waals surface area (Å²) in [5.74, 6) is 0.803. The Balaban J connectivity index is 1.85. The van der Waals surface area contributed by atoms with Crippen LogP contribution in [0.2, 0.25) is 0 Å². The van der Waals surface area contributed by atoms with Gasteiger partial charge in [0.25, 0.3) is 0 Å². The molecule has 0 aromatic carbocycles. The molecule has 2 aliphatic carbocycles. The predicted molar refractivity (Wildman–Crippen MR) is 82.3 cm³/mol. The van der Waals surface area contributed by atoms with Gasteiger partial charge in [-0.1, -0.05) is 19.8 Å². The van der Waals surface area contributed by atoms with Crippen molar-refractivity contribution < 1.29 is 0 Å². The average Bonchev–Trinajstić information content (AvgIpc) is 2.99. The smallest absolute Gasteiger partial charge is 0.0366 e. The van der Waals surface area contributed by atoms with Gasteiger partial charge in [-0.2, -0.15) is 11.3 Å². The molecule has 106 valence electrons. The van der Waals surface area contributed by atoms with Crippen molar-refractivity contribution in [3.8, 4) is 0 Å². The molecule has 0 spiro atoms. The van der Waals surface area contributed by atoms with E-state index in [4.69, 9.17) is 5.73 Å². The van der Waals surface area contributed by atoms with E-state index in [-0.39, 0.29) is 5.54 Å². The Morgan fingerprint density at radius 2 is 2.26 bits per heavy atom. The molecule has 2 aliphatic rings. The summed E-state index contributed by atoms with van der Waals surface area (Å²) in [4.78, 5) is 2.79. The second-order valence-electron chi connectivity index (χ2n) is 6.30. The van der Waals surface area contributed by atoms with Crippen LogP contribution in [0.5, 0.6) is 0 Å². The predicted octanol–water partition coefficient (Wildman–Crippen LogP) is 3.62. The first-order valence-corrected chi connectivity index (χ1v) is 8.72. The first-order chi connectivity index (χ1) is 9.30. The first-order valence-electron chi connectivity index (χ1n) is 7.78. The summed E-state index contributed by atoms with van der Waals surface area (Å²) in [7, 11) is 0. The average molecular weight is 278 g/mol. The third kappa shape index (κ3) is 2.48. The van der Waals surface area contributed by atoms with Crippen molar-refractivity contribution in [2.24, 2.45) is 11.7 Å². The van der Waals surface area contributed by atoms with Gasteiger partial charge >= 0.3 is 0 Å². The minimum absolute atomic E-state index is 0.290. The minimum atomic E-state index is 0.290. The molecular formula is C16H26N2S. The molecule has 1 aromatic heterocycles. The summed E-state index contributed by atoms with van der Waals surface area (Å²) in [5, 5.41) is 4.50. The number of rotatable bonds is 6. The fourth-order valence-corrected chi connectivity index (χ4v) is 4.75. The van der Waals surface area contributed by atoms with E-state index in [1.807, 2.05) is 11.3 Å². The van der Waals surface area contributed by atoms with Gasteiger partial charge in [0.05, 0.1) is 0 Å². The van der Waals surface area contributed by atoms with Crippen molar-refractivity contribution in [2.75, 3.05) is 6.54 Å². The number of nitrogens with zero attached hydrogens (tertiary/aromatic N) is 1. The summed E-state index contributed by atoms with van der Waals surface area (Å²) in [5.41, 5.74) is 8.06. The van der Waals surface area contributed by atoms with Gasteiger partial charge in [-0.25, -0.2) is 0 Å². The van der Waals surface area contributed by atoms with Gasteiger partial charge in [0, 0.05) is 24.7 Å². The van der Waals surface area contributed by atoms with Crippen LogP contribution in [0, 0.1) is 5.92 Å². The maximum atomic E-state index is 6.29. The van der Waals surface area contributed by atoms with E-state index in [1.54, 1.807) is 0 Å². The van der Waals surface area contributed by atoms with Crippen LogP contribution in [0.15, 0.2) is 16.8 Å². The Kier molecular flexibility index (Phi) is 3.97. The van der Waals surface area contributed by atoms with Gasteiger partial charge in [-0.05, 0) is 54.0 Å². The molecule has 2 N–H and O–H groups in total. The molecule has 0 saturated heterocycles. The molecule has 0 bridgehead atoms. The molecule has 2 fully saturated rings. The van der Waals surface area contributed by atoms with Crippen LogP contribution in [-0.4, -0.2) is 23.0 Å². The minimum Gasteiger partial charge on any atom is -0.329 e. The maximum absolute atomic E-state index is 6.29. The fourth-order valence-electron chi connectivity index (χ4n) is 4.09. The van der Waals surface area contributed by atoms with E-state index < -0.39 is 0 Å². The third-order valence-corrected chi connectivity index (χ3v) is 5.99. The molecule has 0 aliphatic heterocycles. The van der Waals surface area contributed by atoms with Crippen molar-refractivity contribution in [3.05, 3.63) is 22.4 Å². The van der Waals surface area contributed by atoms with Crippen LogP contribution in [0.25, 0.3) is 0 Å². The first kappa shape index (κ1) is 13.6. The number of thiophene rings is 1. The summed E-state index contributed by atoms with van der Waals surface area (Å²) in [6.07, 6.45) is 8.08. The largest absolute Gasteiger partial charge is 0.329 e. The Hall–Kier alpha value is -0.380. The van der Waals surface area contributed by atoms with Crippen LogP contribution < -0.4 is 5.73 Å². The van der Waals surface area contributed by atoms with Gasteiger partial charge < -0.3 is 5.73 Å². The van der Waals surface area contributed by atoms with Crippen LogP contribution in [0.4, 0.5) is 0 Å². The van der Waals surface area contributed by atoms with E-state index >= 15 is 0 Å². The molecule has 3 heteroatoms. The lowest BCUT2D eigenvalue weighted by atomic mass is 9.82. The molecule has 0 radical (unpaired) electrons. The standard InChI is InChI=1S/C16H26N2S/c1-2-14-4-3-8-16(14,12-17)18(15-5-6-15)10-13-7-9-19-11-13/h7,9,11,14-15H,2-6,8,10,12,17H2,1H3. The third-order valence-electron chi connectivity index (χ3n) is 5.26. The topological polar surface area (TPSA) is 29.3 Å². The lowest BCUT2D eigenvalue weighted by Crippen LogP contribution is -2.56. The summed E-state index contributed by atoms with van der Waals surface area (Å²) < 4.78 is 0. The Bertz CT molecular complexity index is 399. The molecule has 1 aromatic rings. The number of hydrogen-bond donors (Lipinski definition) is 1. The van der Waals surface area contributed by atoms with Crippen LogP contribution in [0.1, 0.15) is 51.0 Å². The Morgan fingerprint density at radius 3 is 2.84 bits per heavy atom. The van der Waals surface area contributed by atoms with Crippen molar-refractivity contribution >= 4 is 11.3 Å². The van der Waals surface area contributed by atoms with Gasteiger partial charge in [-0.15, -0.1) is 0 Å². The molecule has 0 amide bonds. The highest BCUT2D eigenvalue weighted by atomic mass is 32.1. The quantitative estimate of drug-likeness (QED) is 0.861. The zero-order chi connectivity index (χ0) is 13.3. The van der Waals surface area contributed by atoms with E-state index in [0.717, 1.165) is 25.0 Å². The lowest BCUT2D eigenvalue weighted by molar-refractivity contribution is 0.0399. The van der Waals surface area contributed by atoms with Gasteiger partial charge in [0.15, 0.2) is 0 Å². The van der Waals surface area contributed by atoms with E-state index in [2.05, 4.69) is 28.7 Å². The van der Waals surface area contributed by atoms with Crippen molar-refractivity contribution in [1.82, 2.24) is 4.90 Å². The van der Waals surface area contributed by atoms with Crippen LogP contribution >= 0.6 is 11.3 Å². The van der Waals surface area contributed by atoms with Gasteiger partial charge in [0.2, 0.25) is 0 Å². The molecule has 1 heterocycles. The highest BCUT2D eigenvalue weighted by Crippen LogP contribution is 2.47. The van der Waals surface area contributed by atoms with Gasteiger partial charge in [0.1, 0.15) is 0 Å². The van der Waals surface area contributed by atoms with Crippen LogP contribution in [-0.2, 0) is 6.54 Å². The Labute approximate surface area is 121 Å². The molecule has 19 heavy (non-hydrogen) atoms. The molecule has 2 saturated carbocycles. The van der Waals surface area contributed by atoms with Crippen molar-refractivity contribution in [2.45, 2.75) is 63.6 Å². The SMILES string of the molecule is CCC1CCCC1(CN)N(Cc1ccsc1)C1CC1. The molecule has 2 unspecified atom stereocenters. The second-order valence-corrected chi connectivity index (χ2v) is 7.08. The van der Waals surface area contributed by atoms with E-state index in [0.29, 0.717) is 0 Å². The van der Waals surface area contributed by atoms with Gasteiger partial charge in [-0.3, -0.25) is 4.90 Å². The summed E-state index contributed by atoms with van der Waals surface area (Å²) in [6, 6.07) is 3.08. The van der Waals surface area contributed by atoms with Crippen molar-refractivity contribution in [3.63, 3.8) is 0 Å². The number of nitrogens with two attached hydrogens (primary N) is 1. The normalized spacial score (nSPS) is 31.2. The zero-order valence-electron chi connectivity index (χ0n) is 12.0. The van der Waals surface area contributed by atoms with Crippen LogP contribution in [0.3, 0.4) is 0 Å².